The van der Waals surface area contributed by atoms with Crippen molar-refractivity contribution in [3.05, 3.63) is 54.1 Å². The lowest BCUT2D eigenvalue weighted by molar-refractivity contribution is -0.122. The lowest BCUT2D eigenvalue weighted by Gasteiger charge is -2.12. The summed E-state index contributed by atoms with van der Waals surface area (Å²) in [6.07, 6.45) is -0.00789. The molecule has 0 fully saturated rings. The van der Waals surface area contributed by atoms with Crippen molar-refractivity contribution in [2.75, 3.05) is 10.6 Å². The van der Waals surface area contributed by atoms with Crippen molar-refractivity contribution >= 4 is 23.3 Å². The van der Waals surface area contributed by atoms with Crippen LogP contribution in [0.4, 0.5) is 16.2 Å². The van der Waals surface area contributed by atoms with Crippen LogP contribution in [-0.2, 0) is 11.2 Å². The number of ether oxygens (including phenoxy) is 1. The SMILES string of the molecule is NC(=O)Nc1cccc(NC(=O)C2Cc3ccccc3O2)c1. The zero-order chi connectivity index (χ0) is 15.5. The van der Waals surface area contributed by atoms with Gasteiger partial charge in [-0.05, 0) is 29.8 Å². The molecule has 1 aliphatic rings. The molecular formula is C16H15N3O3. The largest absolute Gasteiger partial charge is 0.480 e. The summed E-state index contributed by atoms with van der Waals surface area (Å²) in [6, 6.07) is 13.7. The molecule has 1 aliphatic heterocycles. The molecule has 0 aromatic heterocycles. The molecular weight excluding hydrogens is 282 g/mol. The molecule has 2 aromatic carbocycles. The monoisotopic (exact) mass is 297 g/mol. The van der Waals surface area contributed by atoms with E-state index in [2.05, 4.69) is 10.6 Å². The Kier molecular flexibility index (Phi) is 3.65. The molecule has 6 nitrogen and oxygen atoms in total. The Morgan fingerprint density at radius 1 is 1.05 bits per heavy atom. The minimum absolute atomic E-state index is 0.229. The van der Waals surface area contributed by atoms with Gasteiger partial charge in [0.25, 0.3) is 5.91 Å². The number of nitrogens with two attached hydrogens (primary N) is 1. The number of nitrogens with one attached hydrogen (secondary N) is 2. The summed E-state index contributed by atoms with van der Waals surface area (Å²) in [6.45, 7) is 0. The molecule has 0 bridgehead atoms. The van der Waals surface area contributed by atoms with Crippen molar-refractivity contribution in [1.29, 1.82) is 0 Å². The lowest BCUT2D eigenvalue weighted by Crippen LogP contribution is -2.31. The van der Waals surface area contributed by atoms with Gasteiger partial charge in [-0.3, -0.25) is 4.79 Å². The number of primary amides is 1. The summed E-state index contributed by atoms with van der Waals surface area (Å²) in [5, 5.41) is 5.23. The van der Waals surface area contributed by atoms with Crippen LogP contribution in [0.1, 0.15) is 5.56 Å². The van der Waals surface area contributed by atoms with Crippen molar-refractivity contribution in [1.82, 2.24) is 0 Å². The first kappa shape index (κ1) is 13.9. The van der Waals surface area contributed by atoms with Gasteiger partial charge in [-0.2, -0.15) is 0 Å². The fourth-order valence-electron chi connectivity index (χ4n) is 2.37. The van der Waals surface area contributed by atoms with E-state index < -0.39 is 12.1 Å². The van der Waals surface area contributed by atoms with Gasteiger partial charge in [-0.1, -0.05) is 24.3 Å². The first-order chi connectivity index (χ1) is 10.6. The number of carbonyl (C=O) groups is 2. The van der Waals surface area contributed by atoms with E-state index in [1.807, 2.05) is 24.3 Å². The van der Waals surface area contributed by atoms with E-state index in [1.165, 1.54) is 0 Å². The lowest BCUT2D eigenvalue weighted by atomic mass is 10.1. The van der Waals surface area contributed by atoms with E-state index in [9.17, 15) is 9.59 Å². The number of urea groups is 1. The third kappa shape index (κ3) is 3.01. The second-order valence-electron chi connectivity index (χ2n) is 4.98. The Bertz CT molecular complexity index is 705. The highest BCUT2D eigenvalue weighted by Gasteiger charge is 2.28. The predicted octanol–water partition coefficient (Wildman–Crippen LogP) is 2.12. The van der Waals surface area contributed by atoms with Gasteiger partial charge in [0.1, 0.15) is 5.75 Å². The van der Waals surface area contributed by atoms with Gasteiger partial charge in [-0.15, -0.1) is 0 Å². The molecule has 112 valence electrons. The third-order valence-electron chi connectivity index (χ3n) is 3.34. The highest BCUT2D eigenvalue weighted by Crippen LogP contribution is 2.28. The van der Waals surface area contributed by atoms with Crippen molar-refractivity contribution < 1.29 is 14.3 Å². The van der Waals surface area contributed by atoms with E-state index >= 15 is 0 Å². The molecule has 1 heterocycles. The zero-order valence-electron chi connectivity index (χ0n) is 11.7. The number of carbonyl (C=O) groups excluding carboxylic acids is 2. The standard InChI is InChI=1S/C16H15N3O3/c17-16(21)19-12-6-3-5-11(9-12)18-15(20)14-8-10-4-1-2-7-13(10)22-14/h1-7,9,14H,8H2,(H,18,20)(H3,17,19,21). The Morgan fingerprint density at radius 3 is 2.50 bits per heavy atom. The molecule has 0 saturated carbocycles. The maximum Gasteiger partial charge on any atom is 0.316 e. The summed E-state index contributed by atoms with van der Waals surface area (Å²) in [5.41, 5.74) is 7.17. The van der Waals surface area contributed by atoms with Crippen LogP contribution >= 0.6 is 0 Å². The van der Waals surface area contributed by atoms with E-state index in [4.69, 9.17) is 10.5 Å². The average molecular weight is 297 g/mol. The normalized spacial score (nSPS) is 15.5. The molecule has 0 saturated heterocycles. The number of amides is 3. The van der Waals surface area contributed by atoms with Crippen molar-refractivity contribution in [2.45, 2.75) is 12.5 Å². The van der Waals surface area contributed by atoms with Gasteiger partial charge in [0, 0.05) is 17.8 Å². The smallest absolute Gasteiger partial charge is 0.316 e. The number of rotatable bonds is 3. The minimum Gasteiger partial charge on any atom is -0.480 e. The molecule has 22 heavy (non-hydrogen) atoms. The number of benzene rings is 2. The molecule has 0 spiro atoms. The second-order valence-corrected chi connectivity index (χ2v) is 4.98. The first-order valence-corrected chi connectivity index (χ1v) is 6.84. The summed E-state index contributed by atoms with van der Waals surface area (Å²) in [5.74, 6) is 0.513. The van der Waals surface area contributed by atoms with Gasteiger partial charge in [0.2, 0.25) is 0 Å². The summed E-state index contributed by atoms with van der Waals surface area (Å²) < 4.78 is 5.63. The van der Waals surface area contributed by atoms with Gasteiger partial charge in [0.05, 0.1) is 0 Å². The quantitative estimate of drug-likeness (QED) is 0.810. The van der Waals surface area contributed by atoms with Crippen molar-refractivity contribution in [2.24, 2.45) is 5.73 Å². The number of fused-ring (bicyclic) bond motifs is 1. The summed E-state index contributed by atoms with van der Waals surface area (Å²) in [4.78, 5) is 23.1. The van der Waals surface area contributed by atoms with Crippen LogP contribution in [0.15, 0.2) is 48.5 Å². The predicted molar refractivity (Wildman–Crippen MR) is 82.8 cm³/mol. The maximum atomic E-state index is 12.3. The van der Waals surface area contributed by atoms with Crippen molar-refractivity contribution in [3.63, 3.8) is 0 Å². The molecule has 3 rings (SSSR count). The van der Waals surface area contributed by atoms with Crippen LogP contribution in [-0.4, -0.2) is 18.0 Å². The molecule has 2 aromatic rings. The second kappa shape index (κ2) is 5.77. The van der Waals surface area contributed by atoms with Gasteiger partial charge < -0.3 is 21.1 Å². The number of anilines is 2. The Morgan fingerprint density at radius 2 is 1.77 bits per heavy atom. The molecule has 4 N–H and O–H groups in total. The Labute approximate surface area is 127 Å². The van der Waals surface area contributed by atoms with E-state index in [1.54, 1.807) is 24.3 Å². The fourth-order valence-corrected chi connectivity index (χ4v) is 2.37. The van der Waals surface area contributed by atoms with Gasteiger partial charge in [-0.25, -0.2) is 4.79 Å². The Hall–Kier alpha value is -3.02. The first-order valence-electron chi connectivity index (χ1n) is 6.84. The molecule has 1 atom stereocenters. The number of hydrogen-bond acceptors (Lipinski definition) is 3. The highest BCUT2D eigenvalue weighted by atomic mass is 16.5. The number of para-hydroxylation sites is 1. The van der Waals surface area contributed by atoms with Crippen LogP contribution in [0.2, 0.25) is 0 Å². The van der Waals surface area contributed by atoms with Crippen LogP contribution in [0.5, 0.6) is 5.75 Å². The third-order valence-corrected chi connectivity index (χ3v) is 3.34. The number of hydrogen-bond donors (Lipinski definition) is 3. The fraction of sp³-hybridized carbons (Fsp3) is 0.125. The topological polar surface area (TPSA) is 93.5 Å². The molecule has 3 amide bonds. The Balaban J connectivity index is 1.67. The summed E-state index contributed by atoms with van der Waals surface area (Å²) >= 11 is 0. The van der Waals surface area contributed by atoms with Crippen molar-refractivity contribution in [3.8, 4) is 5.75 Å². The van der Waals surface area contributed by atoms with Crippen LogP contribution in [0.3, 0.4) is 0 Å². The maximum absolute atomic E-state index is 12.3. The van der Waals surface area contributed by atoms with E-state index in [0.29, 0.717) is 17.8 Å². The summed E-state index contributed by atoms with van der Waals surface area (Å²) in [7, 11) is 0. The van der Waals surface area contributed by atoms with Gasteiger partial charge >= 0.3 is 6.03 Å². The van der Waals surface area contributed by atoms with Crippen LogP contribution in [0, 0.1) is 0 Å². The average Bonchev–Trinajstić information content (AvgIpc) is 2.91. The molecule has 6 heteroatoms. The van der Waals surface area contributed by atoms with Crippen LogP contribution < -0.4 is 21.1 Å². The highest BCUT2D eigenvalue weighted by molar-refractivity contribution is 5.96. The van der Waals surface area contributed by atoms with Gasteiger partial charge in [0.15, 0.2) is 6.10 Å². The molecule has 1 unspecified atom stereocenters. The van der Waals surface area contributed by atoms with E-state index in [0.717, 1.165) is 11.3 Å². The van der Waals surface area contributed by atoms with Crippen LogP contribution in [0.25, 0.3) is 0 Å². The van der Waals surface area contributed by atoms with E-state index in [-0.39, 0.29) is 5.91 Å². The zero-order valence-corrected chi connectivity index (χ0v) is 11.7. The molecule has 0 aliphatic carbocycles. The molecule has 0 radical (unpaired) electrons. The minimum atomic E-state index is -0.655.